The summed E-state index contributed by atoms with van der Waals surface area (Å²) in [4.78, 5) is 13.2. The first-order chi connectivity index (χ1) is 44.6. The van der Waals surface area contributed by atoms with Gasteiger partial charge in [0.25, 0.3) is 0 Å². The topological polar surface area (TPSA) is 495 Å². The van der Waals surface area contributed by atoms with E-state index in [2.05, 4.69) is 26.8 Å². The second-order valence-corrected chi connectivity index (χ2v) is 30.2. The number of hydrogen-bond donors (Lipinski definition) is 16. The summed E-state index contributed by atoms with van der Waals surface area (Å²) in [5.74, 6) is 0.421. The number of fused-ring (bicyclic) bond motifs is 5. The third-order valence-electron chi connectivity index (χ3n) is 22.4. The van der Waals surface area contributed by atoms with Gasteiger partial charge < -0.3 is 133 Å². The van der Waals surface area contributed by atoms with E-state index < -0.39 is 232 Å². The number of carbonyl (C=O) groups is 1. The van der Waals surface area contributed by atoms with E-state index in [1.807, 2.05) is 13.8 Å². The van der Waals surface area contributed by atoms with Crippen LogP contribution in [0.2, 0.25) is 0 Å². The van der Waals surface area contributed by atoms with E-state index in [1.165, 1.54) is 26.3 Å². The standard InChI is InChI=1S/C62H102O32S/c1-22(2)15-27(65)16-23(3)30-9-10-31-29-18-34(33-17-28(94-95(79,80)81)11-13-62(33,8)32(29)12-14-61(30,31)7)86-57-49(77)52(40(68)25(5)84-57)91-59-53(92-55-47(75)44(72)38(66)24(4)83-55)43(71)37(21-82-59)89-60-54(46(74)42(70)36(20-64)88-60)93-58-50(78)51(39(67)26(6)85-58)90-56-48(76)45(73)41(69)35(19-63)87-56/h12,22-26,28-31,33-60,63-64,66-78H,9-11,13-21H2,1-8H3,(H,79,80,81)/t23-,24-,25-,26-,28+,29+,30-,31+,33-,34+,35-,36-,37-,38-,39-,40-,41+,42+,43+,44+,45+,46+,47-,48-,49-,50-,51+,52+,53-,54-,55+,56+,57+,58+,59+,60+,61-,62-/m1/s1. The van der Waals surface area contributed by atoms with Crippen LogP contribution in [0.15, 0.2) is 11.6 Å². The first-order valence-electron chi connectivity index (χ1n) is 33.4. The second kappa shape index (κ2) is 30.3. The lowest BCUT2D eigenvalue weighted by Crippen LogP contribution is -2.67. The highest BCUT2D eigenvalue weighted by Gasteiger charge is 2.63. The Hall–Kier alpha value is -1.80. The molecule has 32 nitrogen and oxygen atoms in total. The molecule has 0 spiro atoms. The van der Waals surface area contributed by atoms with Crippen LogP contribution >= 0.6 is 0 Å². The van der Waals surface area contributed by atoms with E-state index in [4.69, 9.17) is 61.0 Å². The highest BCUT2D eigenvalue weighted by Crippen LogP contribution is 2.67. The molecule has 0 amide bonds. The molecule has 38 atom stereocenters. The zero-order valence-corrected chi connectivity index (χ0v) is 55.3. The van der Waals surface area contributed by atoms with E-state index in [1.54, 1.807) is 0 Å². The molecule has 0 bridgehead atoms. The van der Waals surface area contributed by atoms with Crippen LogP contribution in [0, 0.1) is 46.3 Å². The molecule has 10 aliphatic rings. The average Bonchev–Trinajstić information content (AvgIpc) is 1.70. The normalized spacial score (nSPS) is 51.7. The lowest BCUT2D eigenvalue weighted by Gasteiger charge is -2.59. The summed E-state index contributed by atoms with van der Waals surface area (Å²) in [5.41, 5.74) is 0.408. The van der Waals surface area contributed by atoms with Gasteiger partial charge in [0.1, 0.15) is 128 Å². The molecule has 95 heavy (non-hydrogen) atoms. The summed E-state index contributed by atoms with van der Waals surface area (Å²) in [6, 6.07) is 0. The Morgan fingerprint density at radius 3 is 1.61 bits per heavy atom. The van der Waals surface area contributed by atoms with Gasteiger partial charge in [0.05, 0.1) is 50.3 Å². The predicted molar refractivity (Wildman–Crippen MR) is 317 cm³/mol. The van der Waals surface area contributed by atoms with Crippen LogP contribution in [0.25, 0.3) is 0 Å². The number of ketones is 1. The summed E-state index contributed by atoms with van der Waals surface area (Å²) in [7, 11) is -4.89. The summed E-state index contributed by atoms with van der Waals surface area (Å²) >= 11 is 0. The number of ether oxygens (including phenoxy) is 12. The molecule has 10 rings (SSSR count). The Morgan fingerprint density at radius 2 is 1.03 bits per heavy atom. The van der Waals surface area contributed by atoms with Crippen LogP contribution in [-0.4, -0.2) is 306 Å². The average molecular weight is 1390 g/mol. The van der Waals surface area contributed by atoms with Crippen molar-refractivity contribution in [1.82, 2.24) is 0 Å². The molecule has 6 aliphatic heterocycles. The number of allylic oxidation sites excluding steroid dienone is 2. The quantitative estimate of drug-likeness (QED) is 0.0385. The van der Waals surface area contributed by atoms with E-state index in [0.29, 0.717) is 25.7 Å². The molecule has 6 saturated heterocycles. The first-order valence-corrected chi connectivity index (χ1v) is 34.7. The van der Waals surface area contributed by atoms with Crippen molar-refractivity contribution < 1.29 is 155 Å². The molecule has 0 unspecified atom stereocenters. The van der Waals surface area contributed by atoms with Crippen molar-refractivity contribution in [2.24, 2.45) is 46.3 Å². The lowest BCUT2D eigenvalue weighted by atomic mass is 9.47. The summed E-state index contributed by atoms with van der Waals surface area (Å²) < 4.78 is 113. The molecule has 0 aromatic carbocycles. The molecule has 4 aliphatic carbocycles. The Morgan fingerprint density at radius 1 is 0.537 bits per heavy atom. The number of aliphatic hydroxyl groups is 15. The largest absolute Gasteiger partial charge is 0.397 e. The van der Waals surface area contributed by atoms with Crippen LogP contribution in [0.3, 0.4) is 0 Å². The SMILES string of the molecule is CC(C)CC(=O)C[C@@H](C)[C@H]1CC[C@H]2[C@@H]3C[C@H](O[C@@H]4O[C@H](C)[C@@H](O)[C@H](O[C@@H]5OC[C@@H](O[C@@H]6O[C@H](CO)[C@H](O)[C@H](O)[C@H]6O[C@@H]6O[C@H](C)[C@@H](O)[C@H](O[C@@H]7O[C@H](CO)[C@H](O)[C@H](O)[C@H]7O)[C@H]6O)[C@H](O)[C@H]5O[C@@H]5O[C@H](C)[C@@H](O)[C@H](O)[C@H]5O)[C@H]4O)[C@H]4C[C@@H](OS(=O)(=O)O)CC[C@]4(C)C3=CC[C@]12C. The van der Waals surface area contributed by atoms with Gasteiger partial charge in [0.2, 0.25) is 0 Å². The van der Waals surface area contributed by atoms with Crippen molar-refractivity contribution in [3.05, 3.63) is 11.6 Å². The zero-order chi connectivity index (χ0) is 69.4. The third kappa shape index (κ3) is 15.3. The monoisotopic (exact) mass is 1390 g/mol. The highest BCUT2D eigenvalue weighted by atomic mass is 32.3. The van der Waals surface area contributed by atoms with Gasteiger partial charge in [-0.25, -0.2) is 4.18 Å². The van der Waals surface area contributed by atoms with Gasteiger partial charge in [0, 0.05) is 12.8 Å². The Bertz CT molecular complexity index is 2700. The van der Waals surface area contributed by atoms with Crippen molar-refractivity contribution in [2.45, 2.75) is 304 Å². The smallest absolute Gasteiger partial charge is 0.394 e. The number of rotatable bonds is 21. The summed E-state index contributed by atoms with van der Waals surface area (Å²) in [6.07, 6.45) is -46.4. The number of carbonyl (C=O) groups excluding carboxylic acids is 1. The molecule has 0 aromatic heterocycles. The minimum Gasteiger partial charge on any atom is -0.394 e. The van der Waals surface area contributed by atoms with Gasteiger partial charge in [0.15, 0.2) is 37.7 Å². The van der Waals surface area contributed by atoms with Gasteiger partial charge in [-0.2, -0.15) is 8.42 Å². The lowest BCUT2D eigenvalue weighted by molar-refractivity contribution is -0.402. The third-order valence-corrected chi connectivity index (χ3v) is 22.9. The van der Waals surface area contributed by atoms with Crippen LogP contribution in [0.5, 0.6) is 0 Å². The molecule has 0 aromatic rings. The van der Waals surface area contributed by atoms with Gasteiger partial charge >= 0.3 is 10.4 Å². The molecule has 9 fully saturated rings. The fourth-order valence-corrected chi connectivity index (χ4v) is 17.7. The van der Waals surface area contributed by atoms with Gasteiger partial charge in [-0.15, -0.1) is 0 Å². The molecule has 33 heteroatoms. The molecule has 16 N–H and O–H groups in total. The van der Waals surface area contributed by atoms with Crippen LogP contribution < -0.4 is 0 Å². The minimum atomic E-state index is -4.89. The second-order valence-electron chi connectivity index (χ2n) is 29.2. The van der Waals surface area contributed by atoms with Crippen molar-refractivity contribution in [2.75, 3.05) is 19.8 Å². The zero-order valence-electron chi connectivity index (χ0n) is 54.5. The fourth-order valence-electron chi connectivity index (χ4n) is 17.2. The fraction of sp³-hybridized carbons (Fsp3) is 0.952. The van der Waals surface area contributed by atoms with Crippen molar-refractivity contribution in [3.8, 4) is 0 Å². The van der Waals surface area contributed by atoms with Gasteiger partial charge in [-0.05, 0) is 112 Å². The van der Waals surface area contributed by atoms with Crippen molar-refractivity contribution in [3.63, 3.8) is 0 Å². The molecule has 3 saturated carbocycles. The Labute approximate surface area is 551 Å². The molecule has 548 valence electrons. The maximum absolute atomic E-state index is 13.2. The Balaban J connectivity index is 0.899. The summed E-state index contributed by atoms with van der Waals surface area (Å²) in [5, 5.41) is 167. The number of hydrogen-bond acceptors (Lipinski definition) is 31. The highest BCUT2D eigenvalue weighted by molar-refractivity contribution is 7.80. The molecular formula is C62H102O32S. The van der Waals surface area contributed by atoms with Crippen LogP contribution in [0.1, 0.15) is 113 Å². The predicted octanol–water partition coefficient (Wildman–Crippen LogP) is -3.97. The Kier molecular flexibility index (Phi) is 24.2. The molecular weight excluding hydrogens is 1290 g/mol. The van der Waals surface area contributed by atoms with E-state index in [0.717, 1.165) is 19.3 Å². The van der Waals surface area contributed by atoms with E-state index in [9.17, 15) is 94.4 Å². The van der Waals surface area contributed by atoms with E-state index in [-0.39, 0.29) is 53.6 Å². The summed E-state index contributed by atoms with van der Waals surface area (Å²) in [6.45, 7) is 12.3. The van der Waals surface area contributed by atoms with Gasteiger partial charge in [-0.3, -0.25) is 9.35 Å². The molecule has 6 heterocycles. The van der Waals surface area contributed by atoms with Crippen LogP contribution in [0.4, 0.5) is 0 Å². The van der Waals surface area contributed by atoms with Crippen molar-refractivity contribution >= 4 is 16.2 Å². The number of Topliss-reactive ketones (excluding diaryl/α,β-unsaturated/α-hetero) is 1. The maximum atomic E-state index is 13.2. The minimum absolute atomic E-state index is 0.0583. The van der Waals surface area contributed by atoms with Gasteiger partial charge in [-0.1, -0.05) is 46.3 Å². The molecule has 0 radical (unpaired) electrons. The van der Waals surface area contributed by atoms with Crippen molar-refractivity contribution in [1.29, 1.82) is 0 Å². The maximum Gasteiger partial charge on any atom is 0.397 e. The van der Waals surface area contributed by atoms with Crippen LogP contribution in [-0.2, 0) is 76.2 Å². The van der Waals surface area contributed by atoms with E-state index >= 15 is 0 Å². The number of aliphatic hydroxyl groups excluding tert-OH is 15. The first kappa shape index (κ1) is 75.9.